The van der Waals surface area contributed by atoms with E-state index < -0.39 is 5.54 Å². The van der Waals surface area contributed by atoms with Crippen LogP contribution in [0.25, 0.3) is 0 Å². The van der Waals surface area contributed by atoms with Crippen LogP contribution < -0.4 is 5.32 Å². The number of aliphatic hydroxyl groups is 1. The van der Waals surface area contributed by atoms with Crippen molar-refractivity contribution in [2.45, 2.75) is 32.2 Å². The summed E-state index contributed by atoms with van der Waals surface area (Å²) in [6, 6.07) is 5.15. The standard InChI is InChI=1S/C12H16ClN3O/c1-3-12(4-2,8-17)16-11-6-9(7-14)5-10(13)15-11/h5-6,17H,3-4,8H2,1-2H3,(H,15,16). The maximum absolute atomic E-state index is 9.45. The molecule has 0 aliphatic heterocycles. The van der Waals surface area contributed by atoms with Crippen LogP contribution in [0.2, 0.25) is 5.15 Å². The van der Waals surface area contributed by atoms with Gasteiger partial charge >= 0.3 is 0 Å². The van der Waals surface area contributed by atoms with E-state index >= 15 is 0 Å². The van der Waals surface area contributed by atoms with Crippen LogP contribution in [0.15, 0.2) is 12.1 Å². The lowest BCUT2D eigenvalue weighted by molar-refractivity contribution is 0.202. The van der Waals surface area contributed by atoms with E-state index in [-0.39, 0.29) is 11.8 Å². The molecular weight excluding hydrogens is 238 g/mol. The minimum Gasteiger partial charge on any atom is -0.394 e. The third-order valence-corrected chi connectivity index (χ3v) is 3.17. The summed E-state index contributed by atoms with van der Waals surface area (Å²) >= 11 is 5.82. The fourth-order valence-corrected chi connectivity index (χ4v) is 1.80. The van der Waals surface area contributed by atoms with Crippen LogP contribution in [0.4, 0.5) is 5.82 Å². The van der Waals surface area contributed by atoms with Crippen LogP contribution >= 0.6 is 11.6 Å². The maximum Gasteiger partial charge on any atom is 0.132 e. The van der Waals surface area contributed by atoms with Crippen molar-refractivity contribution in [3.63, 3.8) is 0 Å². The summed E-state index contributed by atoms with van der Waals surface area (Å²) in [7, 11) is 0. The Hall–Kier alpha value is -1.31. The lowest BCUT2D eigenvalue weighted by atomic mass is 9.94. The Labute approximate surface area is 106 Å². The predicted octanol–water partition coefficient (Wildman–Crippen LogP) is 2.57. The molecule has 0 fully saturated rings. The second kappa shape index (κ2) is 5.85. The number of aliphatic hydroxyl groups excluding tert-OH is 1. The lowest BCUT2D eigenvalue weighted by Crippen LogP contribution is -2.41. The number of anilines is 1. The van der Waals surface area contributed by atoms with Crippen molar-refractivity contribution in [1.29, 1.82) is 5.26 Å². The zero-order valence-corrected chi connectivity index (χ0v) is 10.8. The Morgan fingerprint density at radius 2 is 2.12 bits per heavy atom. The molecule has 1 rings (SSSR count). The van der Waals surface area contributed by atoms with E-state index in [0.717, 1.165) is 12.8 Å². The van der Waals surface area contributed by atoms with Crippen molar-refractivity contribution in [3.05, 3.63) is 22.8 Å². The minimum atomic E-state index is -0.412. The van der Waals surface area contributed by atoms with E-state index in [1.165, 1.54) is 6.07 Å². The second-order valence-corrected chi connectivity index (χ2v) is 4.33. The predicted molar refractivity (Wildman–Crippen MR) is 68.0 cm³/mol. The van der Waals surface area contributed by atoms with Gasteiger partial charge in [0.25, 0.3) is 0 Å². The molecule has 5 heteroatoms. The summed E-state index contributed by atoms with van der Waals surface area (Å²) in [6.45, 7) is 3.99. The Balaban J connectivity index is 3.02. The molecule has 0 saturated heterocycles. The van der Waals surface area contributed by atoms with Gasteiger partial charge in [0.15, 0.2) is 0 Å². The van der Waals surface area contributed by atoms with Crippen molar-refractivity contribution in [1.82, 2.24) is 4.98 Å². The summed E-state index contributed by atoms with van der Waals surface area (Å²) in [4.78, 5) is 4.10. The first-order valence-corrected chi connectivity index (χ1v) is 5.93. The molecule has 4 nitrogen and oxygen atoms in total. The highest BCUT2D eigenvalue weighted by Gasteiger charge is 2.25. The Morgan fingerprint density at radius 1 is 1.47 bits per heavy atom. The van der Waals surface area contributed by atoms with Gasteiger partial charge in [-0.05, 0) is 25.0 Å². The SMILES string of the molecule is CCC(CC)(CO)Nc1cc(C#N)cc(Cl)n1. The van der Waals surface area contributed by atoms with Gasteiger partial charge in [0.2, 0.25) is 0 Å². The van der Waals surface area contributed by atoms with E-state index in [2.05, 4.69) is 10.3 Å². The molecule has 92 valence electrons. The number of nitrogens with one attached hydrogen (secondary N) is 1. The first-order chi connectivity index (χ1) is 8.09. The molecule has 0 saturated carbocycles. The molecule has 0 radical (unpaired) electrons. The van der Waals surface area contributed by atoms with Crippen molar-refractivity contribution < 1.29 is 5.11 Å². The Bertz CT molecular complexity index is 416. The highest BCUT2D eigenvalue weighted by atomic mass is 35.5. The third kappa shape index (κ3) is 3.32. The third-order valence-electron chi connectivity index (χ3n) is 2.97. The first-order valence-electron chi connectivity index (χ1n) is 5.56. The van der Waals surface area contributed by atoms with Gasteiger partial charge in [-0.3, -0.25) is 0 Å². The number of rotatable bonds is 5. The van der Waals surface area contributed by atoms with Crippen LogP contribution in [-0.4, -0.2) is 22.2 Å². The molecule has 0 amide bonds. The van der Waals surface area contributed by atoms with Gasteiger partial charge in [-0.1, -0.05) is 25.4 Å². The summed E-state index contributed by atoms with van der Waals surface area (Å²) < 4.78 is 0. The van der Waals surface area contributed by atoms with Crippen LogP contribution in [-0.2, 0) is 0 Å². The number of hydrogen-bond acceptors (Lipinski definition) is 4. The topological polar surface area (TPSA) is 68.9 Å². The van der Waals surface area contributed by atoms with Crippen LogP contribution in [0.3, 0.4) is 0 Å². The van der Waals surface area contributed by atoms with Gasteiger partial charge in [-0.2, -0.15) is 5.26 Å². The van der Waals surface area contributed by atoms with Crippen LogP contribution in [0, 0.1) is 11.3 Å². The van der Waals surface area contributed by atoms with Crippen molar-refractivity contribution in [3.8, 4) is 6.07 Å². The summed E-state index contributed by atoms with van der Waals surface area (Å²) in [6.07, 6.45) is 1.52. The molecule has 1 aromatic rings. The van der Waals surface area contributed by atoms with Gasteiger partial charge in [-0.15, -0.1) is 0 Å². The number of nitriles is 1. The van der Waals surface area contributed by atoms with Crippen molar-refractivity contribution >= 4 is 17.4 Å². The number of aromatic nitrogens is 1. The summed E-state index contributed by atoms with van der Waals surface area (Å²) in [5, 5.41) is 21.7. The molecule has 0 spiro atoms. The van der Waals surface area contributed by atoms with E-state index in [9.17, 15) is 5.11 Å². The molecule has 1 aromatic heterocycles. The minimum absolute atomic E-state index is 0.0100. The molecule has 0 bridgehead atoms. The van der Waals surface area contributed by atoms with Gasteiger partial charge in [0, 0.05) is 0 Å². The molecular formula is C12H16ClN3O. The molecule has 0 unspecified atom stereocenters. The molecule has 17 heavy (non-hydrogen) atoms. The fraction of sp³-hybridized carbons (Fsp3) is 0.500. The summed E-state index contributed by atoms with van der Waals surface area (Å²) in [5.41, 5.74) is 0.0382. The zero-order valence-electron chi connectivity index (χ0n) is 10.00. The number of pyridine rings is 1. The van der Waals surface area contributed by atoms with Crippen molar-refractivity contribution in [2.24, 2.45) is 0 Å². The van der Waals surface area contributed by atoms with Gasteiger partial charge < -0.3 is 10.4 Å². The van der Waals surface area contributed by atoms with Crippen LogP contribution in [0.5, 0.6) is 0 Å². The highest BCUT2D eigenvalue weighted by Crippen LogP contribution is 2.22. The molecule has 0 aliphatic rings. The van der Waals surface area contributed by atoms with E-state index in [1.54, 1.807) is 6.07 Å². The Kier molecular flexibility index (Phi) is 4.73. The molecule has 2 N–H and O–H groups in total. The monoisotopic (exact) mass is 253 g/mol. The van der Waals surface area contributed by atoms with Gasteiger partial charge in [0.1, 0.15) is 11.0 Å². The number of hydrogen-bond donors (Lipinski definition) is 2. The summed E-state index contributed by atoms with van der Waals surface area (Å²) in [5.74, 6) is 0.520. The number of nitrogens with zero attached hydrogens (tertiary/aromatic N) is 2. The average molecular weight is 254 g/mol. The van der Waals surface area contributed by atoms with E-state index in [4.69, 9.17) is 16.9 Å². The highest BCUT2D eigenvalue weighted by molar-refractivity contribution is 6.29. The molecule has 0 atom stereocenters. The fourth-order valence-electron chi connectivity index (χ4n) is 1.59. The van der Waals surface area contributed by atoms with Gasteiger partial charge in [-0.25, -0.2) is 4.98 Å². The second-order valence-electron chi connectivity index (χ2n) is 3.95. The van der Waals surface area contributed by atoms with Crippen LogP contribution in [0.1, 0.15) is 32.3 Å². The van der Waals surface area contributed by atoms with Crippen molar-refractivity contribution in [2.75, 3.05) is 11.9 Å². The maximum atomic E-state index is 9.45. The molecule has 0 aliphatic carbocycles. The lowest BCUT2D eigenvalue weighted by Gasteiger charge is -2.31. The quantitative estimate of drug-likeness (QED) is 0.792. The zero-order chi connectivity index (χ0) is 12.9. The molecule has 1 heterocycles. The first kappa shape index (κ1) is 13.8. The van der Waals surface area contributed by atoms with E-state index in [1.807, 2.05) is 19.9 Å². The average Bonchev–Trinajstić information content (AvgIpc) is 2.35. The van der Waals surface area contributed by atoms with Gasteiger partial charge in [0.05, 0.1) is 23.8 Å². The smallest absolute Gasteiger partial charge is 0.132 e. The largest absolute Gasteiger partial charge is 0.394 e. The Morgan fingerprint density at radius 3 is 2.59 bits per heavy atom. The number of halogens is 1. The molecule has 0 aromatic carbocycles. The van der Waals surface area contributed by atoms with E-state index in [0.29, 0.717) is 11.4 Å². The normalized spacial score (nSPS) is 11.0.